The summed E-state index contributed by atoms with van der Waals surface area (Å²) in [5.74, 6) is 0. The van der Waals surface area contributed by atoms with Gasteiger partial charge in [-0.05, 0) is 19.8 Å². The van der Waals surface area contributed by atoms with Crippen molar-refractivity contribution in [2.24, 2.45) is 0 Å². The third-order valence-electron chi connectivity index (χ3n) is 1.16. The molecule has 0 bridgehead atoms. The van der Waals surface area contributed by atoms with Crippen molar-refractivity contribution in [1.82, 2.24) is 0 Å². The first-order valence-electron chi connectivity index (χ1n) is 3.22. The summed E-state index contributed by atoms with van der Waals surface area (Å²) in [5, 5.41) is 0. The summed E-state index contributed by atoms with van der Waals surface area (Å²) in [5.41, 5.74) is 0. The molecule has 1 saturated heterocycles. The van der Waals surface area contributed by atoms with Gasteiger partial charge >= 0.3 is 23.1 Å². The first-order valence-corrected chi connectivity index (χ1v) is 3.22. The van der Waals surface area contributed by atoms with Crippen LogP contribution in [0.5, 0.6) is 0 Å². The first-order chi connectivity index (χ1) is 3.89. The number of ether oxygens (including phenoxy) is 1. The van der Waals surface area contributed by atoms with Gasteiger partial charge in [-0.25, -0.2) is 0 Å². The van der Waals surface area contributed by atoms with Gasteiger partial charge in [0.1, 0.15) is 0 Å². The molecule has 1 nitrogen and oxygen atoms in total. The van der Waals surface area contributed by atoms with E-state index < -0.39 is 0 Å². The fourth-order valence-electron chi connectivity index (χ4n) is 0.739. The fraction of sp³-hybridized carbons (Fsp3) is 0.857. The Balaban J connectivity index is -0.000000114. The Morgan fingerprint density at radius 2 is 1.90 bits per heavy atom. The molecule has 1 rings (SSSR count). The first kappa shape index (κ1) is 17.2. The predicted octanol–water partition coefficient (Wildman–Crippen LogP) is -1.35. The quantitative estimate of drug-likeness (QED) is 0.326. The zero-order valence-electron chi connectivity index (χ0n) is 6.90. The third kappa shape index (κ3) is 9.02. The molecule has 0 spiro atoms. The molecule has 1 heterocycles. The average molecular weight is 175 g/mol. The summed E-state index contributed by atoms with van der Waals surface area (Å²) < 4.78 is 5.15. The molecular formula is C7H15ClMgO. The van der Waals surface area contributed by atoms with E-state index in [9.17, 15) is 0 Å². The number of halogens is 1. The number of hydrogen-bond donors (Lipinski definition) is 0. The van der Waals surface area contributed by atoms with E-state index in [1.807, 2.05) is 0 Å². The number of hydrogen-bond acceptors (Lipinski definition) is 1. The molecule has 1 unspecified atom stereocenters. The van der Waals surface area contributed by atoms with Crippen molar-refractivity contribution in [3.8, 4) is 0 Å². The SMILES string of the molecule is CC1CCCO1.[CH2-]C.[Cl-].[Mg+2]. The largest absolute Gasteiger partial charge is 2.00 e. The molecule has 1 aliphatic heterocycles. The van der Waals surface area contributed by atoms with Crippen LogP contribution in [0, 0.1) is 6.92 Å². The van der Waals surface area contributed by atoms with Gasteiger partial charge in [-0.1, -0.05) is 0 Å². The normalized spacial score (nSPS) is 21.3. The van der Waals surface area contributed by atoms with E-state index in [1.165, 1.54) is 12.8 Å². The maximum absolute atomic E-state index is 5.15. The van der Waals surface area contributed by atoms with Gasteiger partial charge in [0.2, 0.25) is 0 Å². The van der Waals surface area contributed by atoms with Crippen LogP contribution in [-0.4, -0.2) is 35.8 Å². The molecule has 1 atom stereocenters. The van der Waals surface area contributed by atoms with Crippen LogP contribution in [-0.2, 0) is 4.74 Å². The second-order valence-corrected chi connectivity index (χ2v) is 1.82. The maximum atomic E-state index is 5.15. The molecule has 1 aliphatic rings. The van der Waals surface area contributed by atoms with Crippen LogP contribution in [0.2, 0.25) is 0 Å². The molecule has 0 saturated carbocycles. The maximum Gasteiger partial charge on any atom is 2.00 e. The van der Waals surface area contributed by atoms with Gasteiger partial charge < -0.3 is 24.1 Å². The van der Waals surface area contributed by atoms with E-state index in [0.717, 1.165) is 6.61 Å². The Bertz CT molecular complexity index is 46.9. The minimum absolute atomic E-state index is 0. The molecule has 0 N–H and O–H groups in total. The Morgan fingerprint density at radius 1 is 1.40 bits per heavy atom. The van der Waals surface area contributed by atoms with Crippen molar-refractivity contribution in [2.45, 2.75) is 32.8 Å². The summed E-state index contributed by atoms with van der Waals surface area (Å²) in [6.45, 7) is 8.11. The van der Waals surface area contributed by atoms with Crippen LogP contribution in [0.1, 0.15) is 26.7 Å². The minimum atomic E-state index is 0. The fourth-order valence-corrected chi connectivity index (χ4v) is 0.739. The van der Waals surface area contributed by atoms with Crippen molar-refractivity contribution in [1.29, 1.82) is 0 Å². The third-order valence-corrected chi connectivity index (χ3v) is 1.16. The Hall–Kier alpha value is 1.02. The van der Waals surface area contributed by atoms with Crippen LogP contribution in [0.4, 0.5) is 0 Å². The van der Waals surface area contributed by atoms with Crippen molar-refractivity contribution in [3.63, 3.8) is 0 Å². The topological polar surface area (TPSA) is 9.23 Å². The predicted molar refractivity (Wildman–Crippen MR) is 41.4 cm³/mol. The summed E-state index contributed by atoms with van der Waals surface area (Å²) in [6.07, 6.45) is 3.08. The number of rotatable bonds is 0. The van der Waals surface area contributed by atoms with Crippen LogP contribution in [0.25, 0.3) is 0 Å². The molecule has 0 radical (unpaired) electrons. The summed E-state index contributed by atoms with van der Waals surface area (Å²) >= 11 is 0. The van der Waals surface area contributed by atoms with Crippen LogP contribution < -0.4 is 12.4 Å². The molecule has 0 aromatic rings. The smallest absolute Gasteiger partial charge is 1.00 e. The Labute approximate surface area is 86.5 Å². The molecule has 0 aromatic heterocycles. The monoisotopic (exact) mass is 174 g/mol. The zero-order valence-corrected chi connectivity index (χ0v) is 9.07. The summed E-state index contributed by atoms with van der Waals surface area (Å²) in [6, 6.07) is 0. The summed E-state index contributed by atoms with van der Waals surface area (Å²) in [4.78, 5) is 0. The van der Waals surface area contributed by atoms with Gasteiger partial charge in [0, 0.05) is 6.61 Å². The van der Waals surface area contributed by atoms with Gasteiger partial charge in [0.05, 0.1) is 6.10 Å². The molecule has 0 amide bonds. The van der Waals surface area contributed by atoms with Crippen molar-refractivity contribution in [2.75, 3.05) is 6.61 Å². The van der Waals surface area contributed by atoms with E-state index in [0.29, 0.717) is 6.10 Å². The van der Waals surface area contributed by atoms with Crippen LogP contribution in [0.15, 0.2) is 0 Å². The second kappa shape index (κ2) is 12.7. The van der Waals surface area contributed by atoms with Crippen LogP contribution >= 0.6 is 0 Å². The zero-order chi connectivity index (χ0) is 6.41. The van der Waals surface area contributed by atoms with Gasteiger partial charge in [-0.15, -0.1) is 0 Å². The molecule has 10 heavy (non-hydrogen) atoms. The molecule has 3 heteroatoms. The van der Waals surface area contributed by atoms with Crippen molar-refractivity contribution >= 4 is 23.1 Å². The van der Waals surface area contributed by atoms with E-state index in [1.54, 1.807) is 6.92 Å². The van der Waals surface area contributed by atoms with Gasteiger partial charge in [-0.3, -0.25) is 0 Å². The van der Waals surface area contributed by atoms with Crippen molar-refractivity contribution < 1.29 is 17.1 Å². The van der Waals surface area contributed by atoms with E-state index in [2.05, 4.69) is 13.8 Å². The summed E-state index contributed by atoms with van der Waals surface area (Å²) in [7, 11) is 0. The van der Waals surface area contributed by atoms with Crippen molar-refractivity contribution in [3.05, 3.63) is 6.92 Å². The molecule has 58 valence electrons. The van der Waals surface area contributed by atoms with Gasteiger partial charge in [0.15, 0.2) is 0 Å². The minimum Gasteiger partial charge on any atom is -1.00 e. The molecule has 0 aromatic carbocycles. The van der Waals surface area contributed by atoms with Gasteiger partial charge in [0.25, 0.3) is 0 Å². The van der Waals surface area contributed by atoms with Gasteiger partial charge in [-0.2, -0.15) is 6.92 Å². The van der Waals surface area contributed by atoms with Crippen LogP contribution in [0.3, 0.4) is 0 Å². The Kier molecular flexibility index (Phi) is 21.8. The van der Waals surface area contributed by atoms with E-state index >= 15 is 0 Å². The van der Waals surface area contributed by atoms with E-state index in [-0.39, 0.29) is 35.5 Å². The average Bonchev–Trinajstić information content (AvgIpc) is 2.24. The molecular weight excluding hydrogens is 160 g/mol. The standard InChI is InChI=1S/C5H10O.C2H5.ClH.Mg/c1-5-3-2-4-6-5;1-2;;/h5H,2-4H2,1H3;1H2,2H3;1H;/q;-1;;+2/p-1. The van der Waals surface area contributed by atoms with E-state index in [4.69, 9.17) is 4.74 Å². The Morgan fingerprint density at radius 3 is 2.00 bits per heavy atom. The molecule has 0 aliphatic carbocycles. The second-order valence-electron chi connectivity index (χ2n) is 1.82. The molecule has 1 fully saturated rings.